The number of nitrogens with two attached hydrogens (primary N) is 1. The monoisotopic (exact) mass is 328 g/mol. The van der Waals surface area contributed by atoms with Crippen molar-refractivity contribution in [1.82, 2.24) is 5.32 Å². The Morgan fingerprint density at radius 3 is 2.18 bits per heavy atom. The van der Waals surface area contributed by atoms with E-state index in [2.05, 4.69) is 5.32 Å². The molecule has 0 radical (unpaired) electrons. The average molecular weight is 328 g/mol. The summed E-state index contributed by atoms with van der Waals surface area (Å²) in [5, 5.41) is 16.6. The third-order valence-electron chi connectivity index (χ3n) is 3.41. The molecule has 1 atom stereocenters. The molecule has 7 nitrogen and oxygen atoms in total. The van der Waals surface area contributed by atoms with Crippen LogP contribution in [0.5, 0.6) is 0 Å². The minimum absolute atomic E-state index is 0.0547. The maximum Gasteiger partial charge on any atom is 0.326 e. The molecule has 0 aliphatic carbocycles. The normalized spacial score (nSPS) is 13.0. The van der Waals surface area contributed by atoms with Gasteiger partial charge in [-0.15, -0.1) is 0 Å². The van der Waals surface area contributed by atoms with Gasteiger partial charge in [0.1, 0.15) is 6.04 Å². The molecule has 0 bridgehead atoms. The maximum absolute atomic E-state index is 12.2. The first kappa shape index (κ1) is 18.1. The van der Waals surface area contributed by atoms with Gasteiger partial charge in [-0.3, -0.25) is 4.79 Å². The molecular formula is C14H20N2O5S. The van der Waals surface area contributed by atoms with Crippen LogP contribution in [-0.2, 0) is 14.8 Å². The molecule has 0 saturated carbocycles. The van der Waals surface area contributed by atoms with Crippen molar-refractivity contribution < 1.29 is 23.1 Å². The predicted octanol–water partition coefficient (Wildman–Crippen LogP) is 0.790. The molecular weight excluding hydrogens is 308 g/mol. The van der Waals surface area contributed by atoms with Crippen LogP contribution in [0.3, 0.4) is 0 Å². The summed E-state index contributed by atoms with van der Waals surface area (Å²) in [6.07, 6.45) is 0. The molecule has 22 heavy (non-hydrogen) atoms. The van der Waals surface area contributed by atoms with E-state index in [1.165, 1.54) is 6.07 Å². The Kier molecular flexibility index (Phi) is 5.31. The standard InChI is InChI=1S/C14H20N2O5S/c1-7(2)12(14(18)19)16-13(17)10-5-8(3)9(4)11(6-10)22(15,20)21/h5-7,12H,1-4H3,(H,16,17)(H,18,19)(H2,15,20,21)/t12-/m0/s1. The number of benzene rings is 1. The number of carboxylic acid groups (broad SMARTS) is 1. The SMILES string of the molecule is Cc1cc(C(=O)N[C@H](C(=O)O)C(C)C)cc(S(N)(=O)=O)c1C. The van der Waals surface area contributed by atoms with E-state index in [0.717, 1.165) is 6.07 Å². The van der Waals surface area contributed by atoms with E-state index in [0.29, 0.717) is 11.1 Å². The van der Waals surface area contributed by atoms with E-state index >= 15 is 0 Å². The lowest BCUT2D eigenvalue weighted by molar-refractivity contribution is -0.140. The van der Waals surface area contributed by atoms with Gasteiger partial charge in [0.2, 0.25) is 10.0 Å². The van der Waals surface area contributed by atoms with Crippen LogP contribution in [-0.4, -0.2) is 31.4 Å². The predicted molar refractivity (Wildman–Crippen MR) is 81.0 cm³/mol. The van der Waals surface area contributed by atoms with Gasteiger partial charge >= 0.3 is 5.97 Å². The van der Waals surface area contributed by atoms with Crippen LogP contribution in [0.4, 0.5) is 0 Å². The number of carbonyl (C=O) groups excluding carboxylic acids is 1. The number of aliphatic carboxylic acids is 1. The summed E-state index contributed by atoms with van der Waals surface area (Å²) in [7, 11) is -3.97. The quantitative estimate of drug-likeness (QED) is 0.736. The molecule has 0 aliphatic heterocycles. The van der Waals surface area contributed by atoms with Gasteiger partial charge in [-0.2, -0.15) is 0 Å². The fourth-order valence-electron chi connectivity index (χ4n) is 1.99. The summed E-state index contributed by atoms with van der Waals surface area (Å²) < 4.78 is 23.1. The Balaban J connectivity index is 3.25. The molecule has 0 aromatic heterocycles. The number of carbonyl (C=O) groups is 2. The number of rotatable bonds is 5. The number of hydrogen-bond acceptors (Lipinski definition) is 4. The highest BCUT2D eigenvalue weighted by molar-refractivity contribution is 7.89. The van der Waals surface area contributed by atoms with Gasteiger partial charge < -0.3 is 10.4 Å². The molecule has 1 aromatic rings. The van der Waals surface area contributed by atoms with E-state index in [1.807, 2.05) is 0 Å². The maximum atomic E-state index is 12.2. The van der Waals surface area contributed by atoms with Crippen LogP contribution in [0.2, 0.25) is 0 Å². The minimum Gasteiger partial charge on any atom is -0.480 e. The molecule has 0 saturated heterocycles. The van der Waals surface area contributed by atoms with Crippen LogP contribution in [0, 0.1) is 19.8 Å². The molecule has 0 aliphatic rings. The summed E-state index contributed by atoms with van der Waals surface area (Å²) in [6.45, 7) is 6.56. The highest BCUT2D eigenvalue weighted by Crippen LogP contribution is 2.20. The summed E-state index contributed by atoms with van der Waals surface area (Å²) in [6, 6.07) is 1.59. The fraction of sp³-hybridized carbons (Fsp3) is 0.429. The largest absolute Gasteiger partial charge is 0.480 e. The van der Waals surface area contributed by atoms with Gasteiger partial charge in [0.05, 0.1) is 4.90 Å². The average Bonchev–Trinajstić information content (AvgIpc) is 2.36. The molecule has 0 spiro atoms. The lowest BCUT2D eigenvalue weighted by Crippen LogP contribution is -2.44. The Morgan fingerprint density at radius 2 is 1.77 bits per heavy atom. The van der Waals surface area contributed by atoms with E-state index in [-0.39, 0.29) is 16.4 Å². The number of nitrogens with one attached hydrogen (secondary N) is 1. The molecule has 1 rings (SSSR count). The zero-order valence-corrected chi connectivity index (χ0v) is 13.7. The molecule has 122 valence electrons. The van der Waals surface area contributed by atoms with Gasteiger partial charge in [0.15, 0.2) is 0 Å². The molecule has 0 fully saturated rings. The second-order valence-corrected chi connectivity index (χ2v) is 7.02. The van der Waals surface area contributed by atoms with Crippen molar-refractivity contribution in [2.24, 2.45) is 11.1 Å². The zero-order chi connectivity index (χ0) is 17.2. The van der Waals surface area contributed by atoms with Crippen LogP contribution in [0.1, 0.15) is 35.3 Å². The Morgan fingerprint density at radius 1 is 1.23 bits per heavy atom. The number of hydrogen-bond donors (Lipinski definition) is 3. The zero-order valence-electron chi connectivity index (χ0n) is 12.9. The number of sulfonamides is 1. The minimum atomic E-state index is -3.97. The second kappa shape index (κ2) is 6.45. The Hall–Kier alpha value is -1.93. The van der Waals surface area contributed by atoms with Gasteiger partial charge in [-0.1, -0.05) is 13.8 Å². The Bertz CT molecular complexity index is 710. The van der Waals surface area contributed by atoms with E-state index in [1.54, 1.807) is 27.7 Å². The first-order valence-corrected chi connectivity index (χ1v) is 8.17. The van der Waals surface area contributed by atoms with Crippen LogP contribution < -0.4 is 10.5 Å². The first-order chi connectivity index (χ1) is 9.95. The van der Waals surface area contributed by atoms with Crippen molar-refractivity contribution in [1.29, 1.82) is 0 Å². The van der Waals surface area contributed by atoms with Crippen molar-refractivity contribution >= 4 is 21.9 Å². The molecule has 0 unspecified atom stereocenters. The summed E-state index contributed by atoms with van der Waals surface area (Å²) in [5.41, 5.74) is 1.09. The fourth-order valence-corrected chi connectivity index (χ4v) is 2.87. The summed E-state index contributed by atoms with van der Waals surface area (Å²) >= 11 is 0. The number of amides is 1. The number of primary sulfonamides is 1. The highest BCUT2D eigenvalue weighted by atomic mass is 32.2. The third-order valence-corrected chi connectivity index (χ3v) is 4.44. The van der Waals surface area contributed by atoms with Gasteiger partial charge in [0.25, 0.3) is 5.91 Å². The van der Waals surface area contributed by atoms with Gasteiger partial charge in [-0.25, -0.2) is 18.4 Å². The van der Waals surface area contributed by atoms with Crippen molar-refractivity contribution in [2.45, 2.75) is 38.6 Å². The van der Waals surface area contributed by atoms with Crippen LogP contribution in [0.25, 0.3) is 0 Å². The summed E-state index contributed by atoms with van der Waals surface area (Å²) in [5.74, 6) is -2.13. The molecule has 1 aromatic carbocycles. The first-order valence-electron chi connectivity index (χ1n) is 6.63. The van der Waals surface area contributed by atoms with Crippen LogP contribution >= 0.6 is 0 Å². The summed E-state index contributed by atoms with van der Waals surface area (Å²) in [4.78, 5) is 23.2. The van der Waals surface area contributed by atoms with E-state index in [9.17, 15) is 18.0 Å². The smallest absolute Gasteiger partial charge is 0.326 e. The molecule has 8 heteroatoms. The van der Waals surface area contributed by atoms with E-state index < -0.39 is 27.9 Å². The highest BCUT2D eigenvalue weighted by Gasteiger charge is 2.25. The molecule has 4 N–H and O–H groups in total. The number of aryl methyl sites for hydroxylation is 1. The lowest BCUT2D eigenvalue weighted by Gasteiger charge is -2.18. The lowest BCUT2D eigenvalue weighted by atomic mass is 10.0. The van der Waals surface area contributed by atoms with Crippen molar-refractivity contribution in [2.75, 3.05) is 0 Å². The molecule has 1 amide bonds. The second-order valence-electron chi connectivity index (χ2n) is 5.49. The van der Waals surface area contributed by atoms with Crippen molar-refractivity contribution in [3.63, 3.8) is 0 Å². The van der Waals surface area contributed by atoms with Gasteiger partial charge in [-0.05, 0) is 43.0 Å². The van der Waals surface area contributed by atoms with Crippen LogP contribution in [0.15, 0.2) is 17.0 Å². The number of carboxylic acids is 1. The third kappa shape index (κ3) is 4.05. The van der Waals surface area contributed by atoms with Gasteiger partial charge in [0, 0.05) is 5.56 Å². The topological polar surface area (TPSA) is 127 Å². The Labute approximate surface area is 129 Å². The van der Waals surface area contributed by atoms with E-state index in [4.69, 9.17) is 10.2 Å². The van der Waals surface area contributed by atoms with Crippen molar-refractivity contribution in [3.05, 3.63) is 28.8 Å². The van der Waals surface area contributed by atoms with Crippen molar-refractivity contribution in [3.8, 4) is 0 Å². The molecule has 0 heterocycles.